The summed E-state index contributed by atoms with van der Waals surface area (Å²) in [6.07, 6.45) is 7.87. The molecule has 0 aliphatic heterocycles. The number of unbranched alkanes of at least 4 members (excludes halogenated alkanes) is 5. The van der Waals surface area contributed by atoms with E-state index in [0.29, 0.717) is 6.54 Å². The largest absolute Gasteiger partial charge is 0.374 e. The average molecular weight is 218 g/mol. The van der Waals surface area contributed by atoms with Crippen LogP contribution < -0.4 is 11.9 Å². The van der Waals surface area contributed by atoms with Crippen molar-refractivity contribution in [2.45, 2.75) is 64.9 Å². The Morgan fingerprint density at radius 2 is 1.53 bits per heavy atom. The van der Waals surface area contributed by atoms with Crippen molar-refractivity contribution in [1.29, 1.82) is 0 Å². The Kier molecular flexibility index (Phi) is 12.0. The van der Waals surface area contributed by atoms with Crippen molar-refractivity contribution < 1.29 is 4.74 Å². The van der Waals surface area contributed by atoms with Crippen LogP contribution in [0.5, 0.6) is 0 Å². The third-order valence-electron chi connectivity index (χ3n) is 2.48. The van der Waals surface area contributed by atoms with Gasteiger partial charge in [0.2, 0.25) is 0 Å². The molecule has 15 heavy (non-hydrogen) atoms. The Hall–Kier alpha value is -0.120. The van der Waals surface area contributed by atoms with Crippen LogP contribution in [0.4, 0.5) is 0 Å². The number of hydrogen-bond donors (Lipinski definition) is 2. The summed E-state index contributed by atoms with van der Waals surface area (Å²) in [4.78, 5) is 0. The van der Waals surface area contributed by atoms with Crippen LogP contribution in [0.3, 0.4) is 0 Å². The molecular weight excluding hydrogens is 188 g/mol. The number of nitrogens with two attached hydrogens (primary N) is 1. The smallest absolute Gasteiger partial charge is 0.0748 e. The van der Waals surface area contributed by atoms with Gasteiger partial charge in [0.25, 0.3) is 0 Å². The second-order valence-electron chi connectivity index (χ2n) is 4.58. The highest BCUT2D eigenvalue weighted by Gasteiger charge is 2.14. The second kappa shape index (κ2) is 10.4. The Labute approximate surface area is 95.3 Å². The Balaban J connectivity index is 0. The molecule has 0 fully saturated rings. The van der Waals surface area contributed by atoms with Gasteiger partial charge in [-0.05, 0) is 20.3 Å². The lowest BCUT2D eigenvalue weighted by Gasteiger charge is -2.23. The van der Waals surface area contributed by atoms with Crippen molar-refractivity contribution in [1.82, 2.24) is 6.15 Å². The first kappa shape index (κ1) is 17.3. The standard InChI is InChI=1S/C12H27NO.H3N/c1-4-5-6-7-8-9-10-14-12(2,3)11-13;/h4-11,13H2,1-3H3;1H3. The van der Waals surface area contributed by atoms with E-state index in [4.69, 9.17) is 10.5 Å². The Morgan fingerprint density at radius 1 is 1.00 bits per heavy atom. The molecule has 0 heterocycles. The van der Waals surface area contributed by atoms with E-state index < -0.39 is 0 Å². The molecule has 5 N–H and O–H groups in total. The van der Waals surface area contributed by atoms with Crippen LogP contribution in [0.2, 0.25) is 0 Å². The highest BCUT2D eigenvalue weighted by atomic mass is 16.5. The zero-order valence-corrected chi connectivity index (χ0v) is 10.8. The van der Waals surface area contributed by atoms with E-state index in [9.17, 15) is 0 Å². The summed E-state index contributed by atoms with van der Waals surface area (Å²) in [6.45, 7) is 7.79. The molecule has 0 aliphatic rings. The summed E-state index contributed by atoms with van der Waals surface area (Å²) in [6, 6.07) is 0. The fourth-order valence-corrected chi connectivity index (χ4v) is 1.29. The van der Waals surface area contributed by atoms with Gasteiger partial charge in [0, 0.05) is 13.2 Å². The maximum absolute atomic E-state index is 5.66. The normalized spacial score (nSPS) is 11.2. The molecule has 0 aromatic heterocycles. The van der Waals surface area contributed by atoms with Gasteiger partial charge >= 0.3 is 0 Å². The number of rotatable bonds is 9. The van der Waals surface area contributed by atoms with E-state index in [1.807, 2.05) is 13.8 Å². The van der Waals surface area contributed by atoms with Gasteiger partial charge in [-0.2, -0.15) is 0 Å². The van der Waals surface area contributed by atoms with Crippen LogP contribution in [0.1, 0.15) is 59.3 Å². The lowest BCUT2D eigenvalue weighted by atomic mass is 10.1. The fourth-order valence-electron chi connectivity index (χ4n) is 1.29. The van der Waals surface area contributed by atoms with Gasteiger partial charge in [0.1, 0.15) is 0 Å². The van der Waals surface area contributed by atoms with Crippen molar-refractivity contribution in [3.63, 3.8) is 0 Å². The molecule has 0 amide bonds. The third kappa shape index (κ3) is 11.8. The maximum Gasteiger partial charge on any atom is 0.0748 e. The highest BCUT2D eigenvalue weighted by Crippen LogP contribution is 2.09. The molecule has 0 bridgehead atoms. The van der Waals surface area contributed by atoms with Crippen molar-refractivity contribution >= 4 is 0 Å². The topological polar surface area (TPSA) is 70.2 Å². The zero-order valence-electron chi connectivity index (χ0n) is 10.8. The summed E-state index contributed by atoms with van der Waals surface area (Å²) in [5, 5.41) is 0. The van der Waals surface area contributed by atoms with E-state index in [2.05, 4.69) is 6.92 Å². The van der Waals surface area contributed by atoms with Crippen molar-refractivity contribution in [3.05, 3.63) is 0 Å². The highest BCUT2D eigenvalue weighted by molar-refractivity contribution is 4.68. The van der Waals surface area contributed by atoms with E-state index >= 15 is 0 Å². The minimum absolute atomic E-state index is 0. The van der Waals surface area contributed by atoms with Crippen molar-refractivity contribution in [2.24, 2.45) is 5.73 Å². The van der Waals surface area contributed by atoms with Crippen LogP contribution in [-0.2, 0) is 4.74 Å². The van der Waals surface area contributed by atoms with Gasteiger partial charge in [0.15, 0.2) is 0 Å². The van der Waals surface area contributed by atoms with E-state index in [1.165, 1.54) is 38.5 Å². The lowest BCUT2D eigenvalue weighted by Crippen LogP contribution is -2.34. The molecule has 94 valence electrons. The monoisotopic (exact) mass is 218 g/mol. The molecule has 0 saturated heterocycles. The quantitative estimate of drug-likeness (QED) is 0.583. The van der Waals surface area contributed by atoms with E-state index in [1.54, 1.807) is 0 Å². The SMILES string of the molecule is CCCCCCCCOC(C)(C)CN.N. The second-order valence-corrected chi connectivity index (χ2v) is 4.58. The summed E-state index contributed by atoms with van der Waals surface area (Å²) >= 11 is 0. The fraction of sp³-hybridized carbons (Fsp3) is 1.00. The minimum Gasteiger partial charge on any atom is -0.374 e. The molecule has 0 aromatic rings. The molecule has 0 atom stereocenters. The average Bonchev–Trinajstić information content (AvgIpc) is 2.16. The molecule has 0 radical (unpaired) electrons. The minimum atomic E-state index is -0.135. The number of ether oxygens (including phenoxy) is 1. The predicted molar refractivity (Wildman–Crippen MR) is 67.5 cm³/mol. The van der Waals surface area contributed by atoms with Crippen LogP contribution in [0.15, 0.2) is 0 Å². The van der Waals surface area contributed by atoms with Gasteiger partial charge in [-0.25, -0.2) is 0 Å². The molecule has 0 aromatic carbocycles. The van der Waals surface area contributed by atoms with Crippen LogP contribution in [0, 0.1) is 0 Å². The van der Waals surface area contributed by atoms with Crippen molar-refractivity contribution in [2.75, 3.05) is 13.2 Å². The molecule has 0 spiro atoms. The molecule has 0 aliphatic carbocycles. The molecular formula is C12H30N2O. The maximum atomic E-state index is 5.66. The van der Waals surface area contributed by atoms with Crippen LogP contribution in [0.25, 0.3) is 0 Å². The van der Waals surface area contributed by atoms with E-state index in [-0.39, 0.29) is 11.8 Å². The Morgan fingerprint density at radius 3 is 2.07 bits per heavy atom. The first-order valence-electron chi connectivity index (χ1n) is 5.96. The first-order chi connectivity index (χ1) is 6.62. The van der Waals surface area contributed by atoms with Gasteiger partial charge in [-0.15, -0.1) is 0 Å². The van der Waals surface area contributed by atoms with Gasteiger partial charge in [0.05, 0.1) is 5.60 Å². The molecule has 3 heteroatoms. The first-order valence-corrected chi connectivity index (χ1v) is 5.96. The third-order valence-corrected chi connectivity index (χ3v) is 2.48. The van der Waals surface area contributed by atoms with Crippen LogP contribution in [-0.4, -0.2) is 18.8 Å². The number of hydrogen-bond acceptors (Lipinski definition) is 3. The summed E-state index contributed by atoms with van der Waals surface area (Å²) in [5.41, 5.74) is 5.43. The summed E-state index contributed by atoms with van der Waals surface area (Å²) in [5.74, 6) is 0. The van der Waals surface area contributed by atoms with Gasteiger partial charge in [-0.1, -0.05) is 39.0 Å². The summed E-state index contributed by atoms with van der Waals surface area (Å²) in [7, 11) is 0. The van der Waals surface area contributed by atoms with Crippen LogP contribution >= 0.6 is 0 Å². The molecule has 0 saturated carbocycles. The molecule has 0 unspecified atom stereocenters. The van der Waals surface area contributed by atoms with Gasteiger partial charge < -0.3 is 16.6 Å². The van der Waals surface area contributed by atoms with E-state index in [0.717, 1.165) is 6.61 Å². The molecule has 0 rings (SSSR count). The van der Waals surface area contributed by atoms with Crippen molar-refractivity contribution in [3.8, 4) is 0 Å². The summed E-state index contributed by atoms with van der Waals surface area (Å²) < 4.78 is 5.66. The van der Waals surface area contributed by atoms with Gasteiger partial charge in [-0.3, -0.25) is 0 Å². The zero-order chi connectivity index (χ0) is 10.9. The predicted octanol–water partition coefficient (Wildman–Crippen LogP) is 3.26. The molecule has 3 nitrogen and oxygen atoms in total. The Bertz CT molecular complexity index is 127. The lowest BCUT2D eigenvalue weighted by molar-refractivity contribution is -0.0121.